The first-order valence-corrected chi connectivity index (χ1v) is 12.8. The van der Waals surface area contributed by atoms with Gasteiger partial charge in [-0.3, -0.25) is 14.5 Å². The smallest absolute Gasteiger partial charge is 0.258 e. The van der Waals surface area contributed by atoms with Crippen LogP contribution in [-0.4, -0.2) is 54.8 Å². The Morgan fingerprint density at radius 2 is 1.58 bits per heavy atom. The second-order valence-corrected chi connectivity index (χ2v) is 9.76. The number of hydrogen-bond acceptors (Lipinski definition) is 5. The predicted molar refractivity (Wildman–Crippen MR) is 150 cm³/mol. The zero-order valence-electron chi connectivity index (χ0n) is 21.7. The minimum atomic E-state index is -0.228. The van der Waals surface area contributed by atoms with E-state index in [4.69, 9.17) is 4.42 Å². The summed E-state index contributed by atoms with van der Waals surface area (Å²) in [6.07, 6.45) is 2.89. The summed E-state index contributed by atoms with van der Waals surface area (Å²) < 4.78 is 5.00. The second-order valence-electron chi connectivity index (χ2n) is 9.76. The average molecular weight is 509 g/mol. The first kappa shape index (κ1) is 25.4. The third-order valence-corrected chi connectivity index (χ3v) is 6.99. The van der Waals surface area contributed by atoms with Crippen LogP contribution in [0.5, 0.6) is 0 Å². The van der Waals surface area contributed by atoms with E-state index in [1.165, 1.54) is 12.5 Å². The van der Waals surface area contributed by atoms with Crippen molar-refractivity contribution in [3.05, 3.63) is 108 Å². The SMILES string of the molecule is Cc1ccc(NC(=O)c2ccoc2)cc1-c1ccc(C(=O)Nc2ccccc2CN2CCN(C)CC2)cc1. The van der Waals surface area contributed by atoms with Crippen molar-refractivity contribution in [1.82, 2.24) is 9.80 Å². The molecular weight excluding hydrogens is 476 g/mol. The van der Waals surface area contributed by atoms with Gasteiger partial charge >= 0.3 is 0 Å². The minimum absolute atomic E-state index is 0.139. The van der Waals surface area contributed by atoms with Gasteiger partial charge in [-0.05, 0) is 72.6 Å². The summed E-state index contributed by atoms with van der Waals surface area (Å²) in [6.45, 7) is 6.99. The van der Waals surface area contributed by atoms with Crippen molar-refractivity contribution < 1.29 is 14.0 Å². The molecule has 0 bridgehead atoms. The normalized spacial score (nSPS) is 14.3. The molecule has 3 aromatic carbocycles. The Bertz CT molecular complexity index is 1410. The molecule has 2 N–H and O–H groups in total. The third-order valence-electron chi connectivity index (χ3n) is 6.99. The van der Waals surface area contributed by atoms with Gasteiger partial charge in [-0.25, -0.2) is 0 Å². The van der Waals surface area contributed by atoms with E-state index in [0.29, 0.717) is 16.8 Å². The lowest BCUT2D eigenvalue weighted by molar-refractivity contribution is 0.101. The summed E-state index contributed by atoms with van der Waals surface area (Å²) in [6, 6.07) is 23.0. The van der Waals surface area contributed by atoms with Gasteiger partial charge in [0, 0.05) is 49.7 Å². The molecule has 7 nitrogen and oxygen atoms in total. The largest absolute Gasteiger partial charge is 0.472 e. The number of rotatable bonds is 7. The first-order chi connectivity index (χ1) is 18.5. The van der Waals surface area contributed by atoms with E-state index >= 15 is 0 Å². The van der Waals surface area contributed by atoms with Gasteiger partial charge in [-0.1, -0.05) is 36.4 Å². The van der Waals surface area contributed by atoms with E-state index in [2.05, 4.69) is 33.5 Å². The third kappa shape index (κ3) is 6.02. The van der Waals surface area contributed by atoms with Crippen LogP contribution in [-0.2, 0) is 6.54 Å². The van der Waals surface area contributed by atoms with E-state index in [1.807, 2.05) is 67.6 Å². The summed E-state index contributed by atoms with van der Waals surface area (Å²) in [5.41, 5.74) is 6.73. The molecule has 194 valence electrons. The Labute approximate surface area is 223 Å². The predicted octanol–water partition coefficient (Wildman–Crippen LogP) is 5.51. The van der Waals surface area contributed by atoms with Gasteiger partial charge in [0.1, 0.15) is 6.26 Å². The number of nitrogens with one attached hydrogen (secondary N) is 2. The molecule has 38 heavy (non-hydrogen) atoms. The van der Waals surface area contributed by atoms with Crippen LogP contribution in [0.15, 0.2) is 89.7 Å². The number of piperazine rings is 1. The number of para-hydroxylation sites is 1. The molecule has 0 radical (unpaired) electrons. The number of nitrogens with zero attached hydrogens (tertiary/aromatic N) is 2. The fraction of sp³-hybridized carbons (Fsp3) is 0.226. The summed E-state index contributed by atoms with van der Waals surface area (Å²) in [7, 11) is 2.15. The maximum Gasteiger partial charge on any atom is 0.258 e. The number of furan rings is 1. The number of anilines is 2. The maximum absolute atomic E-state index is 13.1. The van der Waals surface area contributed by atoms with Gasteiger partial charge in [0.15, 0.2) is 0 Å². The number of likely N-dealkylation sites (N-methyl/N-ethyl adjacent to an activating group) is 1. The zero-order valence-corrected chi connectivity index (χ0v) is 21.7. The van der Waals surface area contributed by atoms with Crippen LogP contribution in [0, 0.1) is 6.92 Å². The number of carbonyl (C=O) groups excluding carboxylic acids is 2. The number of amides is 2. The Morgan fingerprint density at radius 3 is 2.32 bits per heavy atom. The van der Waals surface area contributed by atoms with Crippen LogP contribution in [0.4, 0.5) is 11.4 Å². The topological polar surface area (TPSA) is 77.8 Å². The Kier molecular flexibility index (Phi) is 7.67. The molecule has 0 spiro atoms. The maximum atomic E-state index is 13.1. The monoisotopic (exact) mass is 508 g/mol. The van der Waals surface area contributed by atoms with Gasteiger partial charge < -0.3 is 20.0 Å². The van der Waals surface area contributed by atoms with Crippen LogP contribution in [0.25, 0.3) is 11.1 Å². The highest BCUT2D eigenvalue weighted by molar-refractivity contribution is 6.05. The van der Waals surface area contributed by atoms with Crippen molar-refractivity contribution in [3.8, 4) is 11.1 Å². The molecule has 5 rings (SSSR count). The fourth-order valence-electron chi connectivity index (χ4n) is 4.63. The molecule has 0 saturated carbocycles. The molecule has 0 aliphatic carbocycles. The summed E-state index contributed by atoms with van der Waals surface area (Å²) in [4.78, 5) is 30.3. The van der Waals surface area contributed by atoms with Crippen LogP contribution in [0.1, 0.15) is 31.8 Å². The first-order valence-electron chi connectivity index (χ1n) is 12.8. The van der Waals surface area contributed by atoms with Gasteiger partial charge in [-0.15, -0.1) is 0 Å². The Morgan fingerprint density at radius 1 is 0.842 bits per heavy atom. The molecule has 0 unspecified atom stereocenters. The number of hydrogen-bond donors (Lipinski definition) is 2. The van der Waals surface area contributed by atoms with Crippen molar-refractivity contribution in [3.63, 3.8) is 0 Å². The number of carbonyl (C=O) groups is 2. The van der Waals surface area contributed by atoms with Crippen molar-refractivity contribution >= 4 is 23.2 Å². The van der Waals surface area contributed by atoms with E-state index in [-0.39, 0.29) is 11.8 Å². The molecule has 0 atom stereocenters. The van der Waals surface area contributed by atoms with E-state index in [0.717, 1.165) is 60.7 Å². The van der Waals surface area contributed by atoms with E-state index in [1.54, 1.807) is 6.07 Å². The fourth-order valence-corrected chi connectivity index (χ4v) is 4.63. The molecule has 1 fully saturated rings. The van der Waals surface area contributed by atoms with Crippen molar-refractivity contribution in [1.29, 1.82) is 0 Å². The molecule has 1 saturated heterocycles. The molecule has 7 heteroatoms. The molecule has 1 aliphatic rings. The number of aryl methyl sites for hydroxylation is 1. The van der Waals surface area contributed by atoms with Crippen LogP contribution in [0.2, 0.25) is 0 Å². The van der Waals surface area contributed by atoms with Crippen molar-refractivity contribution in [2.24, 2.45) is 0 Å². The quantitative estimate of drug-likeness (QED) is 0.344. The van der Waals surface area contributed by atoms with Crippen molar-refractivity contribution in [2.75, 3.05) is 43.9 Å². The summed E-state index contributed by atoms with van der Waals surface area (Å²) in [5.74, 6) is -0.367. The van der Waals surface area contributed by atoms with Gasteiger partial charge in [0.25, 0.3) is 11.8 Å². The highest BCUT2D eigenvalue weighted by Gasteiger charge is 2.17. The van der Waals surface area contributed by atoms with Crippen LogP contribution < -0.4 is 10.6 Å². The molecule has 1 aliphatic heterocycles. The van der Waals surface area contributed by atoms with Gasteiger partial charge in [-0.2, -0.15) is 0 Å². The Balaban J connectivity index is 1.27. The standard InChI is InChI=1S/C31H32N4O3/c1-22-7-12-27(32-31(37)26-13-18-38-21-26)19-28(22)23-8-10-24(11-9-23)30(36)33-29-6-4-3-5-25(29)20-35-16-14-34(2)15-17-35/h3-13,18-19,21H,14-17,20H2,1-2H3,(H,32,37)(H,33,36). The van der Waals surface area contributed by atoms with Crippen molar-refractivity contribution in [2.45, 2.75) is 13.5 Å². The Hall–Kier alpha value is -4.20. The molecule has 2 amide bonds. The van der Waals surface area contributed by atoms with E-state index < -0.39 is 0 Å². The highest BCUT2D eigenvalue weighted by atomic mass is 16.3. The summed E-state index contributed by atoms with van der Waals surface area (Å²) >= 11 is 0. The molecule has 2 heterocycles. The lowest BCUT2D eigenvalue weighted by Crippen LogP contribution is -2.43. The van der Waals surface area contributed by atoms with Crippen LogP contribution in [0.3, 0.4) is 0 Å². The van der Waals surface area contributed by atoms with E-state index in [9.17, 15) is 9.59 Å². The molecule has 1 aromatic heterocycles. The van der Waals surface area contributed by atoms with Gasteiger partial charge in [0.2, 0.25) is 0 Å². The highest BCUT2D eigenvalue weighted by Crippen LogP contribution is 2.28. The minimum Gasteiger partial charge on any atom is -0.472 e. The lowest BCUT2D eigenvalue weighted by atomic mass is 9.98. The zero-order chi connectivity index (χ0) is 26.5. The lowest BCUT2D eigenvalue weighted by Gasteiger charge is -2.32. The second kappa shape index (κ2) is 11.5. The molecular formula is C31H32N4O3. The molecule has 4 aromatic rings. The number of benzene rings is 3. The summed E-state index contributed by atoms with van der Waals surface area (Å²) in [5, 5.41) is 6.01. The van der Waals surface area contributed by atoms with Gasteiger partial charge in [0.05, 0.1) is 11.8 Å². The average Bonchev–Trinajstić information content (AvgIpc) is 3.48. The van der Waals surface area contributed by atoms with Crippen LogP contribution >= 0.6 is 0 Å².